The van der Waals surface area contributed by atoms with Crippen LogP contribution in [0.4, 0.5) is 9.59 Å². The maximum absolute atomic E-state index is 11.0. The number of carbonyl (C=O) groups excluding carboxylic acids is 3. The van der Waals surface area contributed by atoms with Gasteiger partial charge in [-0.25, -0.2) is 14.4 Å². The van der Waals surface area contributed by atoms with Gasteiger partial charge in [0.25, 0.3) is 0 Å². The fraction of sp³-hybridized carbons (Fsp3) is 0.357. The van der Waals surface area contributed by atoms with Gasteiger partial charge in [0.15, 0.2) is 5.56 Å². The van der Waals surface area contributed by atoms with Gasteiger partial charge in [0, 0.05) is 29.1 Å². The lowest BCUT2D eigenvalue weighted by Crippen LogP contribution is -2.13. The number of hydrogen-bond donors (Lipinski definition) is 0. The summed E-state index contributed by atoms with van der Waals surface area (Å²) in [6.07, 6.45) is 0. The van der Waals surface area contributed by atoms with Gasteiger partial charge < -0.3 is 14.2 Å². The van der Waals surface area contributed by atoms with Crippen molar-refractivity contribution in [1.29, 1.82) is 0 Å². The minimum Gasteiger partial charge on any atom is -0.465 e. The number of methoxy groups -OCH3 is 1. The summed E-state index contributed by atoms with van der Waals surface area (Å²) in [4.78, 5) is 31.3. The smallest absolute Gasteiger partial charge is 0.409 e. The summed E-state index contributed by atoms with van der Waals surface area (Å²) >= 11 is 15.3. The number of alkyl halides is 1. The van der Waals surface area contributed by atoms with Crippen LogP contribution in [0.5, 0.6) is 5.75 Å². The van der Waals surface area contributed by atoms with E-state index in [4.69, 9.17) is 34.8 Å². The highest BCUT2D eigenvalue weighted by Gasteiger charge is 2.12. The molecule has 0 saturated carbocycles. The lowest BCUT2D eigenvalue weighted by atomic mass is 10.2. The molecule has 1 unspecified atom stereocenters. The Kier molecular flexibility index (Phi) is 10.4. The maximum Gasteiger partial charge on any atom is 0.409 e. The lowest BCUT2D eigenvalue weighted by molar-refractivity contribution is 0.0600. The van der Waals surface area contributed by atoms with Crippen molar-refractivity contribution in [3.8, 4) is 5.75 Å². The molecule has 0 bridgehead atoms. The minimum absolute atomic E-state index is 0.0920. The molecule has 0 N–H and O–H groups in total. The molecule has 128 valence electrons. The highest BCUT2D eigenvalue weighted by Crippen LogP contribution is 2.14. The Hall–Kier alpha value is -1.50. The van der Waals surface area contributed by atoms with Crippen LogP contribution in [0.2, 0.25) is 0 Å². The quantitative estimate of drug-likeness (QED) is 0.421. The van der Waals surface area contributed by atoms with Crippen molar-refractivity contribution < 1.29 is 28.6 Å². The van der Waals surface area contributed by atoms with Crippen LogP contribution < -0.4 is 4.74 Å². The van der Waals surface area contributed by atoms with Gasteiger partial charge in [-0.15, -0.1) is 0 Å². The topological polar surface area (TPSA) is 78.9 Å². The lowest BCUT2D eigenvalue weighted by Gasteiger charge is -2.10. The molecule has 0 amide bonds. The first-order valence-electron chi connectivity index (χ1n) is 6.23. The number of rotatable bonds is 4. The van der Waals surface area contributed by atoms with Gasteiger partial charge in [0.2, 0.25) is 0 Å². The molecule has 0 aliphatic carbocycles. The van der Waals surface area contributed by atoms with E-state index in [1.54, 1.807) is 0 Å². The zero-order valence-corrected chi connectivity index (χ0v) is 14.8. The summed E-state index contributed by atoms with van der Waals surface area (Å²) in [6.45, 7) is 3.66. The second kappa shape index (κ2) is 11.1. The van der Waals surface area contributed by atoms with Crippen LogP contribution >= 0.6 is 34.8 Å². The van der Waals surface area contributed by atoms with Crippen molar-refractivity contribution in [2.24, 2.45) is 5.92 Å². The molecule has 0 heterocycles. The molecule has 0 aliphatic heterocycles. The van der Waals surface area contributed by atoms with Gasteiger partial charge in [0.1, 0.15) is 5.75 Å². The molecule has 0 aromatic heterocycles. The average Bonchev–Trinajstić information content (AvgIpc) is 2.46. The fourth-order valence-electron chi connectivity index (χ4n) is 1.09. The van der Waals surface area contributed by atoms with Gasteiger partial charge in [-0.1, -0.05) is 25.4 Å². The zero-order chi connectivity index (χ0) is 18.0. The van der Waals surface area contributed by atoms with Crippen LogP contribution in [-0.2, 0) is 9.47 Å². The summed E-state index contributed by atoms with van der Waals surface area (Å²) in [7, 11) is 1.29. The van der Waals surface area contributed by atoms with Crippen LogP contribution in [0, 0.1) is 5.92 Å². The Morgan fingerprint density at radius 3 is 1.83 bits per heavy atom. The molecular formula is C14H15Cl3O6. The first-order chi connectivity index (χ1) is 10.7. The predicted octanol–water partition coefficient (Wildman–Crippen LogP) is 4.79. The maximum atomic E-state index is 11.0. The van der Waals surface area contributed by atoms with Gasteiger partial charge in [0.05, 0.1) is 12.7 Å². The number of halogens is 3. The van der Waals surface area contributed by atoms with E-state index in [0.29, 0.717) is 5.56 Å². The molecular weight excluding hydrogens is 371 g/mol. The number of ether oxygens (including phenoxy) is 3. The molecule has 0 radical (unpaired) electrons. The molecule has 1 rings (SSSR count). The first-order valence-corrected chi connectivity index (χ1v) is 7.42. The molecule has 1 aromatic rings. The van der Waals surface area contributed by atoms with Crippen molar-refractivity contribution in [2.45, 2.75) is 19.4 Å². The fourth-order valence-corrected chi connectivity index (χ4v) is 1.41. The van der Waals surface area contributed by atoms with Crippen molar-refractivity contribution in [1.82, 2.24) is 0 Å². The second-order valence-electron chi connectivity index (χ2n) is 4.31. The van der Waals surface area contributed by atoms with Gasteiger partial charge >= 0.3 is 16.8 Å². The van der Waals surface area contributed by atoms with E-state index >= 15 is 0 Å². The number of carbonyl (C=O) groups is 3. The number of hydrogen-bond acceptors (Lipinski definition) is 6. The van der Waals surface area contributed by atoms with E-state index in [9.17, 15) is 14.4 Å². The Labute approximate surface area is 148 Å². The molecule has 9 heteroatoms. The highest BCUT2D eigenvalue weighted by atomic mass is 35.5. The zero-order valence-electron chi connectivity index (χ0n) is 12.5. The van der Waals surface area contributed by atoms with Gasteiger partial charge in [-0.3, -0.25) is 0 Å². The van der Waals surface area contributed by atoms with Crippen LogP contribution in [0.15, 0.2) is 24.3 Å². The summed E-state index contributed by atoms with van der Waals surface area (Å²) in [6, 6.07) is 5.85. The standard InChI is InChI=1S/C9H7ClO4.C5H8Cl2O2/c1-13-8(11)6-2-4-7(5-3-6)14-9(10)12;1-3(2)4(6)9-5(7)8/h2-5H,1H3;3-4H,1-2H3. The third kappa shape index (κ3) is 9.99. The summed E-state index contributed by atoms with van der Waals surface area (Å²) in [5, 5.41) is 0. The van der Waals surface area contributed by atoms with E-state index in [0.717, 1.165) is 0 Å². The summed E-state index contributed by atoms with van der Waals surface area (Å²) in [5.41, 5.74) is -2.02. The molecule has 1 aromatic carbocycles. The predicted molar refractivity (Wildman–Crippen MR) is 86.5 cm³/mol. The SMILES string of the molecule is CC(C)C(Cl)OC(=O)Cl.COC(=O)c1ccc(OC(=O)Cl)cc1. The number of esters is 1. The van der Waals surface area contributed by atoms with Crippen LogP contribution in [0.25, 0.3) is 0 Å². The third-order valence-electron chi connectivity index (χ3n) is 2.20. The van der Waals surface area contributed by atoms with E-state index in [1.807, 2.05) is 13.8 Å². The largest absolute Gasteiger partial charge is 0.465 e. The highest BCUT2D eigenvalue weighted by molar-refractivity contribution is 6.61. The summed E-state index contributed by atoms with van der Waals surface area (Å²) in [5.74, 6) is -0.0826. The summed E-state index contributed by atoms with van der Waals surface area (Å²) < 4.78 is 13.4. The van der Waals surface area contributed by atoms with E-state index < -0.39 is 22.4 Å². The van der Waals surface area contributed by atoms with Gasteiger partial charge in [-0.05, 0) is 24.3 Å². The molecule has 23 heavy (non-hydrogen) atoms. The van der Waals surface area contributed by atoms with E-state index in [1.165, 1.54) is 31.4 Å². The van der Waals surface area contributed by atoms with Crippen molar-refractivity contribution in [3.63, 3.8) is 0 Å². The Bertz CT molecular complexity index is 530. The first kappa shape index (κ1) is 21.5. The minimum atomic E-state index is -0.921. The van der Waals surface area contributed by atoms with E-state index in [-0.39, 0.29) is 11.7 Å². The van der Waals surface area contributed by atoms with Gasteiger partial charge in [-0.2, -0.15) is 0 Å². The third-order valence-corrected chi connectivity index (χ3v) is 2.96. The molecule has 0 spiro atoms. The molecule has 0 aliphatic rings. The Morgan fingerprint density at radius 2 is 1.52 bits per heavy atom. The van der Waals surface area contributed by atoms with Crippen molar-refractivity contribution in [3.05, 3.63) is 29.8 Å². The van der Waals surface area contributed by atoms with Crippen LogP contribution in [0.1, 0.15) is 24.2 Å². The second-order valence-corrected chi connectivity index (χ2v) is 5.35. The molecule has 1 atom stereocenters. The monoisotopic (exact) mass is 384 g/mol. The average molecular weight is 386 g/mol. The van der Waals surface area contributed by atoms with E-state index in [2.05, 4.69) is 14.2 Å². The molecule has 0 saturated heterocycles. The molecule has 0 fully saturated rings. The van der Waals surface area contributed by atoms with Crippen LogP contribution in [-0.4, -0.2) is 29.5 Å². The van der Waals surface area contributed by atoms with Crippen LogP contribution in [0.3, 0.4) is 0 Å². The van der Waals surface area contributed by atoms with Crippen molar-refractivity contribution in [2.75, 3.05) is 7.11 Å². The Balaban J connectivity index is 0.000000468. The number of benzene rings is 1. The molecule has 6 nitrogen and oxygen atoms in total. The normalized spacial score (nSPS) is 10.9. The van der Waals surface area contributed by atoms with Crippen molar-refractivity contribution >= 4 is 51.6 Å². The Morgan fingerprint density at radius 1 is 1.00 bits per heavy atom.